The molecule has 0 aromatic heterocycles. The zero-order valence-electron chi connectivity index (χ0n) is 34.2. The fourth-order valence-electron chi connectivity index (χ4n) is 8.40. The van der Waals surface area contributed by atoms with E-state index in [1.165, 1.54) is 29.5 Å². The summed E-state index contributed by atoms with van der Waals surface area (Å²) >= 11 is 0. The van der Waals surface area contributed by atoms with E-state index < -0.39 is 11.9 Å². The molecule has 0 N–H and O–H groups in total. The zero-order chi connectivity index (χ0) is 40.1. The number of quaternary nitrogens is 2. The van der Waals surface area contributed by atoms with E-state index in [-0.39, 0.29) is 19.3 Å². The number of likely N-dealkylation sites (N-methyl/N-ethyl adjacent to an activating group) is 1. The van der Waals surface area contributed by atoms with Gasteiger partial charge in [-0.15, -0.1) is 0 Å². The minimum atomic E-state index is -0.566. The molecule has 2 aliphatic rings. The van der Waals surface area contributed by atoms with Crippen LogP contribution in [-0.2, 0) is 38.4 Å². The first-order valence-electron chi connectivity index (χ1n) is 19.5. The van der Waals surface area contributed by atoms with Gasteiger partial charge in [-0.25, -0.2) is 9.59 Å². The second-order valence-electron chi connectivity index (χ2n) is 14.9. The van der Waals surface area contributed by atoms with E-state index in [4.69, 9.17) is 37.9 Å². The molecule has 304 valence electrons. The van der Waals surface area contributed by atoms with E-state index in [0.717, 1.165) is 96.7 Å². The van der Waals surface area contributed by atoms with Gasteiger partial charge in [0.05, 0.1) is 95.6 Å². The number of carbonyl (C=O) groups excluding carboxylic acids is 2. The largest absolute Gasteiger partial charge is 0.493 e. The van der Waals surface area contributed by atoms with Crippen LogP contribution < -0.4 is 28.4 Å². The molecule has 0 saturated carbocycles. The Bertz CT molecular complexity index is 1820. The van der Waals surface area contributed by atoms with Gasteiger partial charge in [-0.05, 0) is 53.6 Å². The Labute approximate surface area is 332 Å². The summed E-state index contributed by atoms with van der Waals surface area (Å²) in [5, 5.41) is 0. The topological polar surface area (TPSA) is 108 Å². The number of ether oxygens (including phenoxy) is 8. The molecule has 0 aliphatic carbocycles. The second-order valence-corrected chi connectivity index (χ2v) is 14.9. The molecule has 3 aromatic carbocycles. The molecule has 0 amide bonds. The molecular weight excluding hydrogens is 716 g/mol. The van der Waals surface area contributed by atoms with Crippen molar-refractivity contribution in [2.75, 3.05) is 95.6 Å². The molecule has 2 heterocycles. The SMILES string of the molecule is COc1ccc(CC2c3cc(OC)c(OC)cc3CC[N+]2(C)CCCOC(=O)C=CC(=O)OCCC[N+]2(Cc3ccc(OC)c(OC)c3)CCCC2)cc1OC. The number of hydrogen-bond acceptors (Lipinski definition) is 10. The lowest BCUT2D eigenvalue weighted by molar-refractivity contribution is -0.941. The molecule has 12 nitrogen and oxygen atoms in total. The summed E-state index contributed by atoms with van der Waals surface area (Å²) < 4.78 is 46.0. The molecule has 2 unspecified atom stereocenters. The normalized spacial score (nSPS) is 18.5. The predicted octanol–water partition coefficient (Wildman–Crippen LogP) is 6.26. The third-order valence-electron chi connectivity index (χ3n) is 11.4. The van der Waals surface area contributed by atoms with Crippen molar-refractivity contribution in [1.82, 2.24) is 0 Å². The van der Waals surface area contributed by atoms with Crippen LogP contribution in [0.1, 0.15) is 54.0 Å². The van der Waals surface area contributed by atoms with E-state index in [2.05, 4.69) is 31.3 Å². The molecule has 56 heavy (non-hydrogen) atoms. The van der Waals surface area contributed by atoms with E-state index in [9.17, 15) is 9.59 Å². The van der Waals surface area contributed by atoms with Crippen molar-refractivity contribution in [1.29, 1.82) is 0 Å². The van der Waals surface area contributed by atoms with Crippen molar-refractivity contribution in [3.63, 3.8) is 0 Å². The summed E-state index contributed by atoms with van der Waals surface area (Å²) in [4.78, 5) is 25.1. The first-order valence-corrected chi connectivity index (χ1v) is 19.5. The second kappa shape index (κ2) is 19.8. The van der Waals surface area contributed by atoms with Crippen LogP contribution in [0.4, 0.5) is 0 Å². The smallest absolute Gasteiger partial charge is 0.331 e. The summed E-state index contributed by atoms with van der Waals surface area (Å²) in [7, 11) is 12.1. The molecule has 0 bridgehead atoms. The van der Waals surface area contributed by atoms with Crippen LogP contribution in [0.2, 0.25) is 0 Å². The van der Waals surface area contributed by atoms with Crippen molar-refractivity contribution in [3.8, 4) is 34.5 Å². The Kier molecular flexibility index (Phi) is 14.9. The molecule has 0 radical (unpaired) electrons. The van der Waals surface area contributed by atoms with Gasteiger partial charge < -0.3 is 46.9 Å². The maximum atomic E-state index is 12.6. The number of nitrogens with zero attached hydrogens (tertiary/aromatic N) is 2. The fraction of sp³-hybridized carbons (Fsp3) is 0.500. The molecule has 1 saturated heterocycles. The van der Waals surface area contributed by atoms with Gasteiger partial charge in [-0.1, -0.05) is 6.07 Å². The minimum absolute atomic E-state index is 0.0929. The summed E-state index contributed by atoms with van der Waals surface area (Å²) in [5.74, 6) is 3.11. The number of fused-ring (bicyclic) bond motifs is 1. The maximum absolute atomic E-state index is 12.6. The highest BCUT2D eigenvalue weighted by atomic mass is 16.5. The van der Waals surface area contributed by atoms with Crippen LogP contribution in [0.3, 0.4) is 0 Å². The fourth-order valence-corrected chi connectivity index (χ4v) is 8.40. The predicted molar refractivity (Wildman–Crippen MR) is 213 cm³/mol. The van der Waals surface area contributed by atoms with E-state index in [1.807, 2.05) is 24.3 Å². The highest BCUT2D eigenvalue weighted by Crippen LogP contribution is 2.43. The maximum Gasteiger partial charge on any atom is 0.331 e. The van der Waals surface area contributed by atoms with E-state index in [0.29, 0.717) is 29.4 Å². The average molecular weight is 777 g/mol. The number of hydrogen-bond donors (Lipinski definition) is 0. The zero-order valence-corrected chi connectivity index (χ0v) is 34.2. The van der Waals surface area contributed by atoms with Gasteiger partial charge in [-0.2, -0.15) is 0 Å². The first-order chi connectivity index (χ1) is 27.1. The van der Waals surface area contributed by atoms with Gasteiger partial charge >= 0.3 is 11.9 Å². The van der Waals surface area contributed by atoms with Crippen molar-refractivity contribution in [2.45, 2.75) is 51.1 Å². The molecule has 3 aromatic rings. The summed E-state index contributed by atoms with van der Waals surface area (Å²) in [6.45, 7) is 6.14. The summed E-state index contributed by atoms with van der Waals surface area (Å²) in [6.07, 6.45) is 7.66. The van der Waals surface area contributed by atoms with Crippen LogP contribution in [0, 0.1) is 0 Å². The number of likely N-dealkylation sites (tertiary alicyclic amines) is 1. The lowest BCUT2D eigenvalue weighted by atomic mass is 9.86. The third kappa shape index (κ3) is 10.5. The number of carbonyl (C=O) groups is 2. The molecule has 12 heteroatoms. The van der Waals surface area contributed by atoms with Crippen molar-refractivity contribution in [3.05, 3.63) is 82.9 Å². The lowest BCUT2D eigenvalue weighted by Crippen LogP contribution is -2.52. The van der Waals surface area contributed by atoms with Crippen molar-refractivity contribution < 1.29 is 56.5 Å². The van der Waals surface area contributed by atoms with Crippen LogP contribution in [0.25, 0.3) is 0 Å². The van der Waals surface area contributed by atoms with Gasteiger partial charge in [0.1, 0.15) is 12.6 Å². The summed E-state index contributed by atoms with van der Waals surface area (Å²) in [6, 6.07) is 16.4. The van der Waals surface area contributed by atoms with Gasteiger partial charge in [0.25, 0.3) is 0 Å². The Morgan fingerprint density at radius 1 is 0.625 bits per heavy atom. The molecule has 5 rings (SSSR count). The molecule has 0 spiro atoms. The third-order valence-corrected chi connectivity index (χ3v) is 11.4. The van der Waals surface area contributed by atoms with Gasteiger partial charge in [0.15, 0.2) is 34.5 Å². The highest BCUT2D eigenvalue weighted by molar-refractivity contribution is 5.91. The Morgan fingerprint density at radius 2 is 1.12 bits per heavy atom. The van der Waals surface area contributed by atoms with Crippen LogP contribution in [-0.4, -0.2) is 117 Å². The van der Waals surface area contributed by atoms with Crippen molar-refractivity contribution in [2.24, 2.45) is 0 Å². The molecule has 2 aliphatic heterocycles. The van der Waals surface area contributed by atoms with Crippen LogP contribution >= 0.6 is 0 Å². The number of rotatable bonds is 20. The Balaban J connectivity index is 1.12. The van der Waals surface area contributed by atoms with Crippen LogP contribution in [0.15, 0.2) is 60.7 Å². The van der Waals surface area contributed by atoms with Crippen LogP contribution in [0.5, 0.6) is 34.5 Å². The monoisotopic (exact) mass is 776 g/mol. The standard InChI is InChI=1S/C44H60N2O10/c1-45(23-18-34-29-41(53-6)42(54-7)30-35(34)36(45)26-32-12-14-37(49-2)39(27-32)51-4)19-10-24-55-43(47)16-17-44(48)56-25-11-22-46(20-8-9-21-46)31-33-13-15-38(50-3)40(28-33)52-5/h12-17,27-30,36H,8-11,18-26,31H2,1-7H3/q+2. The first kappa shape index (κ1) is 42.2. The number of esters is 2. The number of methoxy groups -OCH3 is 6. The molecule has 1 fully saturated rings. The molecular formula is C44H60N2O10+2. The number of benzene rings is 3. The van der Waals surface area contributed by atoms with E-state index in [1.54, 1.807) is 42.7 Å². The summed E-state index contributed by atoms with van der Waals surface area (Å²) in [5.41, 5.74) is 4.75. The van der Waals surface area contributed by atoms with Gasteiger partial charge in [0, 0.05) is 61.8 Å². The van der Waals surface area contributed by atoms with E-state index >= 15 is 0 Å². The highest BCUT2D eigenvalue weighted by Gasteiger charge is 2.40. The van der Waals surface area contributed by atoms with Gasteiger partial charge in [0.2, 0.25) is 0 Å². The lowest BCUT2D eigenvalue weighted by Gasteiger charge is -2.46. The quantitative estimate of drug-likeness (QED) is 0.0565. The Hall–Kier alpha value is -4.94. The van der Waals surface area contributed by atoms with Crippen molar-refractivity contribution >= 4 is 11.9 Å². The van der Waals surface area contributed by atoms with Gasteiger partial charge in [-0.3, -0.25) is 0 Å². The Morgan fingerprint density at radius 3 is 1.70 bits per heavy atom. The minimum Gasteiger partial charge on any atom is -0.493 e. The molecule has 2 atom stereocenters. The average Bonchev–Trinajstić information content (AvgIpc) is 3.68.